The molecule has 0 aliphatic rings. The third-order valence-electron chi connectivity index (χ3n) is 3.93. The highest BCUT2D eigenvalue weighted by Crippen LogP contribution is 2.17. The molecule has 1 aromatic carbocycles. The fraction of sp³-hybridized carbons (Fsp3) is 0.294. The molecular weight excluding hydrogens is 323 g/mol. The summed E-state index contributed by atoms with van der Waals surface area (Å²) in [6, 6.07) is 6.04. The van der Waals surface area contributed by atoms with E-state index in [1.807, 2.05) is 17.7 Å². The molecule has 8 heteroatoms. The normalized spacial score (nSPS) is 12.1. The van der Waals surface area contributed by atoms with Gasteiger partial charge in [0.25, 0.3) is 5.91 Å². The molecule has 1 atom stereocenters. The maximum absolute atomic E-state index is 13.0. The number of amides is 1. The monoisotopic (exact) mass is 342 g/mol. The number of aromatic nitrogens is 5. The molecule has 2 heterocycles. The molecule has 0 radical (unpaired) electrons. The van der Waals surface area contributed by atoms with Crippen molar-refractivity contribution < 1.29 is 9.18 Å². The number of hydrogen-bond acceptors (Lipinski definition) is 4. The van der Waals surface area contributed by atoms with Crippen LogP contribution in [0.25, 0.3) is 0 Å². The Morgan fingerprint density at radius 1 is 1.32 bits per heavy atom. The van der Waals surface area contributed by atoms with Gasteiger partial charge in [0.15, 0.2) is 5.69 Å². The molecular formula is C17H19FN6O. The van der Waals surface area contributed by atoms with E-state index < -0.39 is 0 Å². The van der Waals surface area contributed by atoms with Crippen LogP contribution >= 0.6 is 0 Å². The summed E-state index contributed by atoms with van der Waals surface area (Å²) in [4.78, 5) is 16.1. The highest BCUT2D eigenvalue weighted by molar-refractivity contribution is 5.91. The third kappa shape index (κ3) is 4.28. The van der Waals surface area contributed by atoms with Crippen LogP contribution in [0, 0.1) is 5.82 Å². The van der Waals surface area contributed by atoms with E-state index in [2.05, 4.69) is 20.6 Å². The van der Waals surface area contributed by atoms with Crippen molar-refractivity contribution in [3.63, 3.8) is 0 Å². The zero-order valence-electron chi connectivity index (χ0n) is 13.8. The van der Waals surface area contributed by atoms with E-state index in [-0.39, 0.29) is 23.5 Å². The Morgan fingerprint density at radius 2 is 2.12 bits per heavy atom. The number of nitrogens with one attached hydrogen (secondary N) is 1. The first-order chi connectivity index (χ1) is 12.1. The van der Waals surface area contributed by atoms with Gasteiger partial charge in [0.05, 0.1) is 18.6 Å². The summed E-state index contributed by atoms with van der Waals surface area (Å²) < 4.78 is 16.5. The summed E-state index contributed by atoms with van der Waals surface area (Å²) >= 11 is 0. The predicted octanol–water partition coefficient (Wildman–Crippen LogP) is 2.04. The van der Waals surface area contributed by atoms with Crippen LogP contribution in [0.4, 0.5) is 4.39 Å². The maximum atomic E-state index is 13.0. The number of carbonyl (C=O) groups is 1. The average molecular weight is 342 g/mol. The summed E-state index contributed by atoms with van der Waals surface area (Å²) in [5.74, 6) is -0.548. The lowest BCUT2D eigenvalue weighted by Gasteiger charge is -2.11. The molecule has 130 valence electrons. The van der Waals surface area contributed by atoms with Crippen LogP contribution in [0.1, 0.15) is 35.4 Å². The lowest BCUT2D eigenvalue weighted by Crippen LogP contribution is -2.25. The van der Waals surface area contributed by atoms with Gasteiger partial charge in [-0.25, -0.2) is 14.1 Å². The topological polar surface area (TPSA) is 77.6 Å². The van der Waals surface area contributed by atoms with Gasteiger partial charge in [0.1, 0.15) is 5.82 Å². The van der Waals surface area contributed by atoms with E-state index in [0.717, 1.165) is 18.5 Å². The smallest absolute Gasteiger partial charge is 0.273 e. The first-order valence-electron chi connectivity index (χ1n) is 8.05. The van der Waals surface area contributed by atoms with Gasteiger partial charge in [-0.1, -0.05) is 17.3 Å². The Labute approximate surface area is 144 Å². The Hall–Kier alpha value is -3.03. The van der Waals surface area contributed by atoms with E-state index in [1.165, 1.54) is 12.1 Å². The van der Waals surface area contributed by atoms with E-state index in [4.69, 9.17) is 0 Å². The van der Waals surface area contributed by atoms with E-state index in [1.54, 1.807) is 35.5 Å². The molecule has 1 amide bonds. The van der Waals surface area contributed by atoms with Gasteiger partial charge in [-0.2, -0.15) is 0 Å². The Morgan fingerprint density at radius 3 is 2.84 bits per heavy atom. The summed E-state index contributed by atoms with van der Waals surface area (Å²) in [6.45, 7) is 3.24. The molecule has 0 aliphatic heterocycles. The van der Waals surface area contributed by atoms with Crippen molar-refractivity contribution in [1.29, 1.82) is 0 Å². The highest BCUT2D eigenvalue weighted by atomic mass is 19.1. The second-order valence-corrected chi connectivity index (χ2v) is 5.72. The second-order valence-electron chi connectivity index (χ2n) is 5.72. The van der Waals surface area contributed by atoms with Crippen LogP contribution in [0.3, 0.4) is 0 Å². The fourth-order valence-corrected chi connectivity index (χ4v) is 2.44. The summed E-state index contributed by atoms with van der Waals surface area (Å²) in [5, 5.41) is 10.7. The van der Waals surface area contributed by atoms with Crippen molar-refractivity contribution in [1.82, 2.24) is 29.9 Å². The number of carbonyl (C=O) groups excluding carboxylic acids is 1. The Bertz CT molecular complexity index is 812. The largest absolute Gasteiger partial charge is 0.351 e. The second kappa shape index (κ2) is 7.69. The molecule has 0 spiro atoms. The first kappa shape index (κ1) is 16.8. The molecule has 1 N–H and O–H groups in total. The van der Waals surface area contributed by atoms with E-state index >= 15 is 0 Å². The Kier molecular flexibility index (Phi) is 5.17. The zero-order valence-corrected chi connectivity index (χ0v) is 13.8. The van der Waals surface area contributed by atoms with Crippen molar-refractivity contribution in [2.75, 3.05) is 6.54 Å². The van der Waals surface area contributed by atoms with Crippen molar-refractivity contribution >= 4 is 5.91 Å². The van der Waals surface area contributed by atoms with Crippen LogP contribution in [-0.4, -0.2) is 37.0 Å². The molecule has 25 heavy (non-hydrogen) atoms. The number of rotatable bonds is 7. The van der Waals surface area contributed by atoms with Crippen LogP contribution < -0.4 is 5.32 Å². The molecule has 0 unspecified atom stereocenters. The van der Waals surface area contributed by atoms with Crippen LogP contribution in [-0.2, 0) is 6.54 Å². The molecule has 3 aromatic rings. The number of hydrogen-bond donors (Lipinski definition) is 1. The molecule has 0 saturated heterocycles. The van der Waals surface area contributed by atoms with Gasteiger partial charge in [-0.15, -0.1) is 5.10 Å². The third-order valence-corrected chi connectivity index (χ3v) is 3.93. The van der Waals surface area contributed by atoms with Crippen molar-refractivity contribution in [3.05, 3.63) is 66.3 Å². The van der Waals surface area contributed by atoms with Crippen LogP contribution in [0.15, 0.2) is 49.2 Å². The molecule has 3 rings (SSSR count). The minimum absolute atomic E-state index is 0.143. The standard InChI is InChI=1S/C17H19FN6O/c1-13(14-3-5-15(18)6-4-14)24-11-16(21-22-24)17(25)20-7-2-9-23-10-8-19-12-23/h3-6,8,10-13H,2,7,9H2,1H3,(H,20,25)/t13-/m1/s1. The van der Waals surface area contributed by atoms with Crippen molar-refractivity contribution in [3.8, 4) is 0 Å². The van der Waals surface area contributed by atoms with Crippen LogP contribution in [0.2, 0.25) is 0 Å². The molecule has 2 aromatic heterocycles. The lowest BCUT2D eigenvalue weighted by atomic mass is 10.1. The molecule has 0 aliphatic carbocycles. The number of nitrogens with zero attached hydrogens (tertiary/aromatic N) is 5. The van der Waals surface area contributed by atoms with Gasteiger partial charge in [-0.05, 0) is 31.0 Å². The molecule has 0 fully saturated rings. The predicted molar refractivity (Wildman–Crippen MR) is 89.4 cm³/mol. The van der Waals surface area contributed by atoms with Gasteiger partial charge in [0, 0.05) is 25.5 Å². The van der Waals surface area contributed by atoms with Gasteiger partial charge >= 0.3 is 0 Å². The van der Waals surface area contributed by atoms with E-state index in [0.29, 0.717) is 6.54 Å². The fourth-order valence-electron chi connectivity index (χ4n) is 2.44. The summed E-state index contributed by atoms with van der Waals surface area (Å²) in [6.07, 6.45) is 7.73. The maximum Gasteiger partial charge on any atom is 0.273 e. The highest BCUT2D eigenvalue weighted by Gasteiger charge is 2.14. The van der Waals surface area contributed by atoms with Crippen molar-refractivity contribution in [2.45, 2.75) is 25.9 Å². The van der Waals surface area contributed by atoms with Gasteiger partial charge in [-0.3, -0.25) is 4.79 Å². The summed E-state index contributed by atoms with van der Waals surface area (Å²) in [5.41, 5.74) is 1.15. The van der Waals surface area contributed by atoms with Crippen LogP contribution in [0.5, 0.6) is 0 Å². The minimum atomic E-state index is -0.287. The first-order valence-corrected chi connectivity index (χ1v) is 8.05. The number of benzene rings is 1. The number of imidazole rings is 1. The van der Waals surface area contributed by atoms with Gasteiger partial charge in [0.2, 0.25) is 0 Å². The lowest BCUT2D eigenvalue weighted by molar-refractivity contribution is 0.0947. The molecule has 0 saturated carbocycles. The zero-order chi connectivity index (χ0) is 17.6. The quantitative estimate of drug-likeness (QED) is 0.667. The SMILES string of the molecule is C[C@H](c1ccc(F)cc1)n1cc(C(=O)NCCCn2ccnc2)nn1. The summed E-state index contributed by atoms with van der Waals surface area (Å²) in [7, 11) is 0. The Balaban J connectivity index is 1.53. The van der Waals surface area contributed by atoms with Gasteiger partial charge < -0.3 is 9.88 Å². The minimum Gasteiger partial charge on any atom is -0.351 e. The number of halogens is 1. The average Bonchev–Trinajstić information content (AvgIpc) is 3.30. The van der Waals surface area contributed by atoms with E-state index in [9.17, 15) is 9.18 Å². The van der Waals surface area contributed by atoms with Crippen molar-refractivity contribution in [2.24, 2.45) is 0 Å². The molecule has 0 bridgehead atoms. The number of aryl methyl sites for hydroxylation is 1. The molecule has 7 nitrogen and oxygen atoms in total.